The molecule has 4 heteroatoms. The highest BCUT2D eigenvalue weighted by Gasteiger charge is 2.35. The second-order valence-electron chi connectivity index (χ2n) is 7.44. The summed E-state index contributed by atoms with van der Waals surface area (Å²) in [4.78, 5) is 15.6. The lowest BCUT2D eigenvalue weighted by Gasteiger charge is -2.29. The number of hydrogen-bond acceptors (Lipinski definition) is 3. The molecule has 154 valence electrons. The second-order valence-corrected chi connectivity index (χ2v) is 8.63. The van der Waals surface area contributed by atoms with Crippen molar-refractivity contribution in [2.45, 2.75) is 31.2 Å². The monoisotopic (exact) mass is 417 g/mol. The van der Waals surface area contributed by atoms with Gasteiger partial charge in [-0.25, -0.2) is 0 Å². The Labute approximate surface area is 183 Å². The lowest BCUT2D eigenvalue weighted by molar-refractivity contribution is -0.133. The third-order valence-corrected chi connectivity index (χ3v) is 6.75. The maximum Gasteiger partial charge on any atom is 0.231 e. The standard InChI is InChI=1S/C26H27NO2S/c1-2-22(21-13-7-4-8-14-21)25(28)27-17-18-30-26(27)23-15-9-10-16-24(23)29-19-20-11-5-3-6-12-20/h3-16,22,26H,2,17-19H2,1H3/t22-,26+/m1/s1. The minimum Gasteiger partial charge on any atom is -0.489 e. The number of rotatable bonds is 7. The highest BCUT2D eigenvalue weighted by Crippen LogP contribution is 2.43. The van der Waals surface area contributed by atoms with E-state index < -0.39 is 0 Å². The molecule has 1 amide bonds. The fourth-order valence-electron chi connectivity index (χ4n) is 3.94. The molecule has 0 saturated carbocycles. The number of para-hydroxylation sites is 1. The van der Waals surface area contributed by atoms with Crippen molar-refractivity contribution in [3.05, 3.63) is 102 Å². The molecule has 3 aromatic rings. The first-order valence-corrected chi connectivity index (χ1v) is 11.6. The van der Waals surface area contributed by atoms with E-state index in [1.807, 2.05) is 71.3 Å². The zero-order valence-electron chi connectivity index (χ0n) is 17.2. The van der Waals surface area contributed by atoms with Gasteiger partial charge in [-0.2, -0.15) is 0 Å². The molecular formula is C26H27NO2S. The number of amides is 1. The van der Waals surface area contributed by atoms with E-state index in [0.29, 0.717) is 6.61 Å². The third-order valence-electron chi connectivity index (χ3n) is 5.50. The molecule has 1 aliphatic rings. The van der Waals surface area contributed by atoms with Crippen LogP contribution in [-0.4, -0.2) is 23.1 Å². The average molecular weight is 418 g/mol. The predicted molar refractivity (Wildman–Crippen MR) is 124 cm³/mol. The molecule has 1 saturated heterocycles. The number of carbonyl (C=O) groups is 1. The van der Waals surface area contributed by atoms with Crippen LogP contribution in [0.2, 0.25) is 0 Å². The maximum atomic E-state index is 13.5. The van der Waals surface area contributed by atoms with Crippen LogP contribution in [0.4, 0.5) is 0 Å². The Kier molecular flexibility index (Phi) is 6.75. The first-order valence-electron chi connectivity index (χ1n) is 10.5. The Balaban J connectivity index is 1.55. The van der Waals surface area contributed by atoms with Gasteiger partial charge in [0, 0.05) is 17.9 Å². The van der Waals surface area contributed by atoms with Gasteiger partial charge in [0.1, 0.15) is 17.7 Å². The van der Waals surface area contributed by atoms with Crippen molar-refractivity contribution < 1.29 is 9.53 Å². The molecule has 0 aliphatic carbocycles. The van der Waals surface area contributed by atoms with Gasteiger partial charge in [-0.15, -0.1) is 11.8 Å². The van der Waals surface area contributed by atoms with E-state index in [-0.39, 0.29) is 17.2 Å². The van der Waals surface area contributed by atoms with Crippen LogP contribution in [0, 0.1) is 0 Å². The molecule has 3 nitrogen and oxygen atoms in total. The van der Waals surface area contributed by atoms with E-state index in [1.165, 1.54) is 0 Å². The highest BCUT2D eigenvalue weighted by atomic mass is 32.2. The van der Waals surface area contributed by atoms with Gasteiger partial charge in [-0.3, -0.25) is 4.79 Å². The lowest BCUT2D eigenvalue weighted by atomic mass is 9.94. The molecule has 0 spiro atoms. The van der Waals surface area contributed by atoms with Gasteiger partial charge in [-0.05, 0) is 23.6 Å². The molecule has 3 aromatic carbocycles. The summed E-state index contributed by atoms with van der Waals surface area (Å²) in [6.45, 7) is 3.38. The zero-order valence-corrected chi connectivity index (χ0v) is 18.1. The Morgan fingerprint density at radius 3 is 2.40 bits per heavy atom. The molecule has 0 aromatic heterocycles. The summed E-state index contributed by atoms with van der Waals surface area (Å²) in [6.07, 6.45) is 0.795. The van der Waals surface area contributed by atoms with Crippen molar-refractivity contribution >= 4 is 17.7 Å². The van der Waals surface area contributed by atoms with Crippen molar-refractivity contribution in [1.82, 2.24) is 4.90 Å². The predicted octanol–water partition coefficient (Wildman–Crippen LogP) is 6.03. The van der Waals surface area contributed by atoms with Crippen molar-refractivity contribution in [1.29, 1.82) is 0 Å². The zero-order chi connectivity index (χ0) is 20.8. The Hall–Kier alpha value is -2.72. The fourth-order valence-corrected chi connectivity index (χ4v) is 5.23. The van der Waals surface area contributed by atoms with Crippen LogP contribution in [0.3, 0.4) is 0 Å². The van der Waals surface area contributed by atoms with E-state index in [9.17, 15) is 4.79 Å². The molecule has 1 heterocycles. The summed E-state index contributed by atoms with van der Waals surface area (Å²) >= 11 is 1.82. The minimum absolute atomic E-state index is 0.0118. The number of carbonyl (C=O) groups excluding carboxylic acids is 1. The van der Waals surface area contributed by atoms with E-state index in [1.54, 1.807) is 0 Å². The molecule has 1 aliphatic heterocycles. The minimum atomic E-state index is -0.107. The van der Waals surface area contributed by atoms with Gasteiger partial charge in [0.2, 0.25) is 5.91 Å². The molecule has 0 bridgehead atoms. The molecule has 1 fully saturated rings. The number of ether oxygens (including phenoxy) is 1. The second kappa shape index (κ2) is 9.86. The summed E-state index contributed by atoms with van der Waals surface area (Å²) in [7, 11) is 0. The van der Waals surface area contributed by atoms with Crippen molar-refractivity contribution in [3.63, 3.8) is 0 Å². The van der Waals surface area contributed by atoms with Crippen LogP contribution in [0.1, 0.15) is 41.3 Å². The van der Waals surface area contributed by atoms with E-state index in [2.05, 4.69) is 37.3 Å². The average Bonchev–Trinajstić information content (AvgIpc) is 3.29. The van der Waals surface area contributed by atoms with Crippen LogP contribution in [0.15, 0.2) is 84.9 Å². The van der Waals surface area contributed by atoms with Gasteiger partial charge in [0.15, 0.2) is 0 Å². The number of thioether (sulfide) groups is 1. The first-order chi connectivity index (χ1) is 14.8. The molecule has 0 radical (unpaired) electrons. The van der Waals surface area contributed by atoms with E-state index in [0.717, 1.165) is 41.2 Å². The van der Waals surface area contributed by atoms with Gasteiger partial charge < -0.3 is 9.64 Å². The van der Waals surface area contributed by atoms with Crippen LogP contribution >= 0.6 is 11.8 Å². The van der Waals surface area contributed by atoms with Gasteiger partial charge in [-0.1, -0.05) is 85.8 Å². The maximum absolute atomic E-state index is 13.5. The van der Waals surface area contributed by atoms with Gasteiger partial charge in [0.05, 0.1) is 5.92 Å². The highest BCUT2D eigenvalue weighted by molar-refractivity contribution is 7.99. The molecule has 2 atom stereocenters. The number of hydrogen-bond donors (Lipinski definition) is 0. The summed E-state index contributed by atoms with van der Waals surface area (Å²) in [6, 6.07) is 28.4. The molecule has 4 rings (SSSR count). The van der Waals surface area contributed by atoms with Crippen molar-refractivity contribution in [3.8, 4) is 5.75 Å². The summed E-state index contributed by atoms with van der Waals surface area (Å²) in [5.41, 5.74) is 3.30. The largest absolute Gasteiger partial charge is 0.489 e. The van der Waals surface area contributed by atoms with E-state index in [4.69, 9.17) is 4.74 Å². The summed E-state index contributed by atoms with van der Waals surface area (Å²) in [5, 5.41) is -0.0118. The van der Waals surface area contributed by atoms with Crippen molar-refractivity contribution in [2.24, 2.45) is 0 Å². The Bertz CT molecular complexity index is 961. The van der Waals surface area contributed by atoms with Crippen LogP contribution < -0.4 is 4.74 Å². The Morgan fingerprint density at radius 1 is 1.00 bits per heavy atom. The third kappa shape index (κ3) is 4.54. The Morgan fingerprint density at radius 2 is 1.67 bits per heavy atom. The number of nitrogens with zero attached hydrogens (tertiary/aromatic N) is 1. The first kappa shape index (κ1) is 20.5. The smallest absolute Gasteiger partial charge is 0.231 e. The molecule has 0 N–H and O–H groups in total. The lowest BCUT2D eigenvalue weighted by Crippen LogP contribution is -2.34. The van der Waals surface area contributed by atoms with E-state index >= 15 is 0 Å². The number of benzene rings is 3. The topological polar surface area (TPSA) is 29.5 Å². The van der Waals surface area contributed by atoms with Gasteiger partial charge >= 0.3 is 0 Å². The fraction of sp³-hybridized carbons (Fsp3) is 0.269. The van der Waals surface area contributed by atoms with Crippen LogP contribution in [0.5, 0.6) is 5.75 Å². The molecule has 0 unspecified atom stereocenters. The molecular weight excluding hydrogens is 390 g/mol. The summed E-state index contributed by atoms with van der Waals surface area (Å²) < 4.78 is 6.18. The van der Waals surface area contributed by atoms with Gasteiger partial charge in [0.25, 0.3) is 0 Å². The summed E-state index contributed by atoms with van der Waals surface area (Å²) in [5.74, 6) is 1.89. The van der Waals surface area contributed by atoms with Crippen LogP contribution in [0.25, 0.3) is 0 Å². The van der Waals surface area contributed by atoms with Crippen molar-refractivity contribution in [2.75, 3.05) is 12.3 Å². The molecule has 30 heavy (non-hydrogen) atoms. The van der Waals surface area contributed by atoms with Crippen LogP contribution in [-0.2, 0) is 11.4 Å². The quantitative estimate of drug-likeness (QED) is 0.470. The normalized spacial score (nSPS) is 17.0. The SMILES string of the molecule is CC[C@@H](C(=O)N1CCS[C@H]1c1ccccc1OCc1ccccc1)c1ccccc1.